The third kappa shape index (κ3) is 2.80. The van der Waals surface area contributed by atoms with Crippen LogP contribution in [0.1, 0.15) is 12.2 Å². The number of alkyl halides is 3. The zero-order valence-electron chi connectivity index (χ0n) is 11.1. The van der Waals surface area contributed by atoms with Crippen molar-refractivity contribution in [3.05, 3.63) is 26.0 Å². The van der Waals surface area contributed by atoms with E-state index in [1.54, 1.807) is 6.07 Å². The maximum atomic E-state index is 12.8. The molecule has 120 valence electrons. The van der Waals surface area contributed by atoms with Crippen molar-refractivity contribution in [3.8, 4) is 0 Å². The summed E-state index contributed by atoms with van der Waals surface area (Å²) in [6.07, 6.45) is -5.04. The highest BCUT2D eigenvalue weighted by molar-refractivity contribution is 9.11. The van der Waals surface area contributed by atoms with Gasteiger partial charge in [0.25, 0.3) is 5.56 Å². The van der Waals surface area contributed by atoms with Gasteiger partial charge in [-0.1, -0.05) is 0 Å². The van der Waals surface area contributed by atoms with E-state index in [4.69, 9.17) is 0 Å². The van der Waals surface area contributed by atoms with Gasteiger partial charge in [-0.15, -0.1) is 11.3 Å². The molecule has 0 bridgehead atoms. The molecule has 1 fully saturated rings. The van der Waals surface area contributed by atoms with Crippen LogP contribution in [0.4, 0.5) is 13.2 Å². The highest BCUT2D eigenvalue weighted by atomic mass is 79.9. The van der Waals surface area contributed by atoms with Gasteiger partial charge in [0.15, 0.2) is 5.60 Å². The van der Waals surface area contributed by atoms with Crippen LogP contribution in [0.5, 0.6) is 0 Å². The third-order valence-corrected chi connectivity index (χ3v) is 5.26. The number of aromatic nitrogens is 2. The number of hydrogen-bond acceptors (Lipinski definition) is 5. The number of thiophene rings is 1. The second-order valence-corrected chi connectivity index (χ2v) is 7.70. The van der Waals surface area contributed by atoms with E-state index in [2.05, 4.69) is 25.9 Å². The molecule has 0 spiro atoms. The summed E-state index contributed by atoms with van der Waals surface area (Å²) in [5.41, 5.74) is -2.51. The zero-order chi connectivity index (χ0) is 16.1. The van der Waals surface area contributed by atoms with Gasteiger partial charge in [-0.05, 0) is 28.4 Å². The summed E-state index contributed by atoms with van der Waals surface area (Å²) < 4.78 is 39.6. The molecule has 0 radical (unpaired) electrons. The molecule has 1 saturated heterocycles. The standard InChI is InChI=1S/C12H11BrF3N3O2S/c13-7-3-6-9(22-7)10(20)18-8(17-6)4-19-2-1-11(21,5-19)12(14,15)16/h3,21H,1-2,4-5H2,(H,17,18,20). The van der Waals surface area contributed by atoms with Crippen molar-refractivity contribution in [1.29, 1.82) is 0 Å². The monoisotopic (exact) mass is 397 g/mol. The average molecular weight is 398 g/mol. The topological polar surface area (TPSA) is 69.2 Å². The SMILES string of the molecule is O=c1[nH]c(CN2CCC(O)(C(F)(F)F)C2)nc2cc(Br)sc12. The predicted octanol–water partition coefficient (Wildman–Crippen LogP) is 2.25. The van der Waals surface area contributed by atoms with E-state index in [9.17, 15) is 23.1 Å². The second-order valence-electron chi connectivity index (χ2n) is 5.27. The third-order valence-electron chi connectivity index (χ3n) is 3.63. The van der Waals surface area contributed by atoms with Crippen molar-refractivity contribution in [2.75, 3.05) is 13.1 Å². The predicted molar refractivity (Wildman–Crippen MR) is 78.8 cm³/mol. The number of aliphatic hydroxyl groups is 1. The van der Waals surface area contributed by atoms with Crippen LogP contribution in [0.15, 0.2) is 14.6 Å². The molecule has 2 aromatic heterocycles. The van der Waals surface area contributed by atoms with Crippen molar-refractivity contribution in [2.45, 2.75) is 24.7 Å². The number of aromatic amines is 1. The lowest BCUT2D eigenvalue weighted by atomic mass is 10.0. The molecular weight excluding hydrogens is 387 g/mol. The Balaban J connectivity index is 1.81. The molecule has 1 aliphatic heterocycles. The summed E-state index contributed by atoms with van der Waals surface area (Å²) in [6, 6.07) is 1.69. The Labute approximate surface area is 134 Å². The lowest BCUT2D eigenvalue weighted by Crippen LogP contribution is -2.47. The fraction of sp³-hybridized carbons (Fsp3) is 0.500. The molecule has 3 rings (SSSR count). The van der Waals surface area contributed by atoms with Gasteiger partial charge in [0.2, 0.25) is 0 Å². The maximum absolute atomic E-state index is 12.8. The number of β-amino-alcohol motifs (C(OH)–C–C–N with tert-alkyl or cyclic N) is 1. The summed E-state index contributed by atoms with van der Waals surface area (Å²) in [7, 11) is 0. The van der Waals surface area contributed by atoms with Crippen molar-refractivity contribution in [2.24, 2.45) is 0 Å². The number of halogens is 4. The molecule has 1 unspecified atom stereocenters. The van der Waals surface area contributed by atoms with E-state index >= 15 is 0 Å². The number of nitrogens with one attached hydrogen (secondary N) is 1. The minimum atomic E-state index is -4.66. The van der Waals surface area contributed by atoms with Crippen molar-refractivity contribution in [3.63, 3.8) is 0 Å². The number of H-pyrrole nitrogens is 1. The van der Waals surface area contributed by atoms with Gasteiger partial charge in [-0.25, -0.2) is 4.98 Å². The Bertz CT molecular complexity index is 775. The molecule has 10 heteroatoms. The molecule has 2 N–H and O–H groups in total. The van der Waals surface area contributed by atoms with Gasteiger partial charge in [-0.3, -0.25) is 9.69 Å². The van der Waals surface area contributed by atoms with Gasteiger partial charge in [-0.2, -0.15) is 13.2 Å². The fourth-order valence-electron chi connectivity index (χ4n) is 2.48. The minimum absolute atomic E-state index is 0.0526. The van der Waals surface area contributed by atoms with E-state index in [0.717, 1.165) is 3.79 Å². The van der Waals surface area contributed by atoms with Crippen LogP contribution in [-0.4, -0.2) is 44.8 Å². The smallest absolute Gasteiger partial charge is 0.379 e. The van der Waals surface area contributed by atoms with E-state index in [1.807, 2.05) is 0 Å². The first-order chi connectivity index (χ1) is 10.2. The lowest BCUT2D eigenvalue weighted by Gasteiger charge is -2.25. The summed E-state index contributed by atoms with van der Waals surface area (Å²) in [4.78, 5) is 20.2. The first-order valence-electron chi connectivity index (χ1n) is 6.38. The molecule has 1 aliphatic rings. The number of hydrogen-bond donors (Lipinski definition) is 2. The fourth-order valence-corrected chi connectivity index (χ4v) is 3.90. The Morgan fingerprint density at radius 3 is 2.91 bits per heavy atom. The second kappa shape index (κ2) is 5.29. The molecule has 1 atom stereocenters. The van der Waals surface area contributed by atoms with Crippen LogP contribution < -0.4 is 5.56 Å². The molecule has 0 amide bonds. The molecular formula is C12H11BrF3N3O2S. The van der Waals surface area contributed by atoms with E-state index in [-0.39, 0.29) is 30.9 Å². The molecule has 3 heterocycles. The van der Waals surface area contributed by atoms with Crippen molar-refractivity contribution < 1.29 is 18.3 Å². The van der Waals surface area contributed by atoms with Crippen LogP contribution in [0.2, 0.25) is 0 Å². The Hall–Kier alpha value is -0.970. The lowest BCUT2D eigenvalue weighted by molar-refractivity contribution is -0.254. The molecule has 22 heavy (non-hydrogen) atoms. The highest BCUT2D eigenvalue weighted by Gasteiger charge is 2.56. The number of rotatable bonds is 2. The maximum Gasteiger partial charge on any atom is 0.418 e. The van der Waals surface area contributed by atoms with Crippen LogP contribution in [-0.2, 0) is 6.54 Å². The van der Waals surface area contributed by atoms with Crippen molar-refractivity contribution >= 4 is 37.5 Å². The number of nitrogens with zero attached hydrogens (tertiary/aromatic N) is 2. The summed E-state index contributed by atoms with van der Waals surface area (Å²) in [5.74, 6) is 0.286. The normalized spacial score (nSPS) is 23.5. The molecule has 0 saturated carbocycles. The molecule has 5 nitrogen and oxygen atoms in total. The first-order valence-corrected chi connectivity index (χ1v) is 7.99. The van der Waals surface area contributed by atoms with Crippen molar-refractivity contribution in [1.82, 2.24) is 14.9 Å². The zero-order valence-corrected chi connectivity index (χ0v) is 13.5. The number of fused-ring (bicyclic) bond motifs is 1. The van der Waals surface area contributed by atoms with E-state index in [0.29, 0.717) is 10.2 Å². The van der Waals surface area contributed by atoms with Gasteiger partial charge < -0.3 is 10.1 Å². The largest absolute Gasteiger partial charge is 0.418 e. The van der Waals surface area contributed by atoms with Gasteiger partial charge in [0.05, 0.1) is 15.8 Å². The Morgan fingerprint density at radius 2 is 2.27 bits per heavy atom. The summed E-state index contributed by atoms with van der Waals surface area (Å²) in [5, 5.41) is 9.64. The quantitative estimate of drug-likeness (QED) is 0.815. The molecule has 0 aliphatic carbocycles. The minimum Gasteiger partial charge on any atom is -0.379 e. The van der Waals surface area contributed by atoms with E-state index < -0.39 is 18.3 Å². The first kappa shape index (κ1) is 15.9. The average Bonchev–Trinajstić information content (AvgIpc) is 2.93. The van der Waals surface area contributed by atoms with Crippen LogP contribution in [0, 0.1) is 0 Å². The van der Waals surface area contributed by atoms with Crippen LogP contribution in [0.3, 0.4) is 0 Å². The van der Waals surface area contributed by atoms with Gasteiger partial charge in [0.1, 0.15) is 10.5 Å². The molecule has 0 aromatic carbocycles. The number of likely N-dealkylation sites (tertiary alicyclic amines) is 1. The Morgan fingerprint density at radius 1 is 1.55 bits per heavy atom. The van der Waals surface area contributed by atoms with Gasteiger partial charge in [0, 0.05) is 13.1 Å². The van der Waals surface area contributed by atoms with E-state index in [1.165, 1.54) is 16.2 Å². The molecule has 2 aromatic rings. The summed E-state index contributed by atoms with van der Waals surface area (Å²) in [6.45, 7) is -0.381. The summed E-state index contributed by atoms with van der Waals surface area (Å²) >= 11 is 4.51. The van der Waals surface area contributed by atoms with Gasteiger partial charge >= 0.3 is 6.18 Å². The van der Waals surface area contributed by atoms with Crippen LogP contribution >= 0.6 is 27.3 Å². The highest BCUT2D eigenvalue weighted by Crippen LogP contribution is 2.37. The van der Waals surface area contributed by atoms with Crippen LogP contribution in [0.25, 0.3) is 10.2 Å². The Kier molecular flexibility index (Phi) is 3.83.